The predicted molar refractivity (Wildman–Crippen MR) is 288 cm³/mol. The van der Waals surface area contributed by atoms with Crippen molar-refractivity contribution in [3.05, 3.63) is 132 Å². The Hall–Kier alpha value is -5.80. The van der Waals surface area contributed by atoms with Crippen LogP contribution in [0.2, 0.25) is 0 Å². The molecule has 278 valence electrons. The lowest BCUT2D eigenvalue weighted by molar-refractivity contribution is 0.660. The lowest BCUT2D eigenvalue weighted by Gasteiger charge is -2.34. The summed E-state index contributed by atoms with van der Waals surface area (Å²) in [5.74, 6) is 0. The van der Waals surface area contributed by atoms with Crippen molar-refractivity contribution in [1.82, 2.24) is 0 Å². The molecule has 1 aliphatic rings. The molecule has 1 aliphatic carbocycles. The monoisotopic (exact) mass is 761 g/mol. The van der Waals surface area contributed by atoms with Crippen molar-refractivity contribution < 1.29 is 4.42 Å². The molecule has 0 aliphatic heterocycles. The van der Waals surface area contributed by atoms with Crippen molar-refractivity contribution in [1.29, 1.82) is 0 Å². The Balaban J connectivity index is 1.18. The highest BCUT2D eigenvalue weighted by Crippen LogP contribution is 2.50. The number of nitrogens with zero attached hydrogens (tertiary/aromatic N) is 1. The zero-order valence-electron chi connectivity index (χ0n) is 36.9. The molecule has 0 saturated carbocycles. The third-order valence-electron chi connectivity index (χ3n) is 14.7. The average molecular weight is 760 g/mol. The smallest absolute Gasteiger partial charge is 0.143 e. The van der Waals surface area contributed by atoms with Crippen LogP contribution in [0.1, 0.15) is 25.0 Å². The summed E-state index contributed by atoms with van der Waals surface area (Å²) in [6.07, 6.45) is 0. The Morgan fingerprint density at radius 1 is 0.450 bits per heavy atom. The molecule has 0 saturated heterocycles. The van der Waals surface area contributed by atoms with E-state index < -0.39 is 0 Å². The first kappa shape index (κ1) is 38.4. The Morgan fingerprint density at radius 3 is 1.72 bits per heavy atom. The topological polar surface area (TPSA) is 16.4 Å². The van der Waals surface area contributed by atoms with Crippen LogP contribution in [-0.4, -0.2) is 70.6 Å². The molecule has 8 aromatic carbocycles. The van der Waals surface area contributed by atoms with Gasteiger partial charge in [-0.25, -0.2) is 0 Å². The normalized spacial score (nSPS) is 12.9. The van der Waals surface area contributed by atoms with E-state index in [9.17, 15) is 0 Å². The third kappa shape index (κ3) is 5.47. The van der Waals surface area contributed by atoms with E-state index in [1.54, 1.807) is 0 Å². The number of rotatable bonds is 5. The Kier molecular flexibility index (Phi) is 8.89. The van der Waals surface area contributed by atoms with Crippen molar-refractivity contribution in [2.24, 2.45) is 0 Å². The van der Waals surface area contributed by atoms with E-state index in [1.807, 2.05) is 0 Å². The largest absolute Gasteiger partial charge is 0.455 e. The van der Waals surface area contributed by atoms with Gasteiger partial charge in [-0.3, -0.25) is 0 Å². The number of benzene rings is 8. The van der Waals surface area contributed by atoms with E-state index in [-0.39, 0.29) is 5.41 Å². The molecular weight excluding hydrogens is 716 g/mol. The third-order valence-corrected chi connectivity index (χ3v) is 14.7. The van der Waals surface area contributed by atoms with Crippen molar-refractivity contribution in [2.75, 3.05) is 4.90 Å². The molecule has 2 nitrogen and oxygen atoms in total. The fourth-order valence-corrected chi connectivity index (χ4v) is 10.7. The number of hydrogen-bond acceptors (Lipinski definition) is 2. The van der Waals surface area contributed by atoms with Gasteiger partial charge in [0, 0.05) is 38.6 Å². The molecule has 1 heterocycles. The highest BCUT2D eigenvalue weighted by Gasteiger charge is 2.36. The van der Waals surface area contributed by atoms with Gasteiger partial charge in [0.05, 0.1) is 0 Å². The zero-order valence-corrected chi connectivity index (χ0v) is 36.9. The van der Waals surface area contributed by atoms with E-state index in [4.69, 9.17) is 4.42 Å². The number of hydrogen-bond donors (Lipinski definition) is 0. The molecule has 10 rings (SSSR count). The molecule has 9 aromatic rings. The fraction of sp³-hybridized carbons (Fsp3) is 0.0612. The van der Waals surface area contributed by atoms with Crippen molar-refractivity contribution in [3.63, 3.8) is 0 Å². The molecule has 0 atom stereocenters. The van der Waals surface area contributed by atoms with Crippen LogP contribution in [0.3, 0.4) is 0 Å². The lowest BCUT2D eigenvalue weighted by atomic mass is 9.56. The maximum atomic E-state index is 6.60. The minimum Gasteiger partial charge on any atom is -0.455 e. The van der Waals surface area contributed by atoms with E-state index in [0.717, 1.165) is 38.6 Å². The van der Waals surface area contributed by atoms with Crippen LogP contribution in [0.5, 0.6) is 0 Å². The molecule has 0 N–H and O–H groups in total. The fourth-order valence-electron chi connectivity index (χ4n) is 10.7. The molecule has 60 heavy (non-hydrogen) atoms. The van der Waals surface area contributed by atoms with Crippen LogP contribution >= 0.6 is 0 Å². The maximum absolute atomic E-state index is 6.60. The second-order valence-corrected chi connectivity index (χ2v) is 18.0. The summed E-state index contributed by atoms with van der Waals surface area (Å²) in [5.41, 5.74) is 28.1. The van der Waals surface area contributed by atoms with Crippen LogP contribution in [-0.2, 0) is 5.41 Å². The van der Waals surface area contributed by atoms with Gasteiger partial charge in [0.15, 0.2) is 0 Å². The molecule has 0 amide bonds. The number of anilines is 3. The minimum atomic E-state index is -0.120. The summed E-state index contributed by atoms with van der Waals surface area (Å²) in [6, 6.07) is 44.7. The highest BCUT2D eigenvalue weighted by atomic mass is 16.3. The van der Waals surface area contributed by atoms with Crippen LogP contribution in [0.4, 0.5) is 17.1 Å². The van der Waals surface area contributed by atoms with Gasteiger partial charge in [-0.15, -0.1) is 16.4 Å². The van der Waals surface area contributed by atoms with E-state index in [1.165, 1.54) is 105 Å². The Morgan fingerprint density at radius 2 is 1.02 bits per heavy atom. The average Bonchev–Trinajstić information content (AvgIpc) is 3.76. The van der Waals surface area contributed by atoms with Crippen LogP contribution in [0, 0.1) is 0 Å². The summed E-state index contributed by atoms with van der Waals surface area (Å²) < 4.78 is 6.60. The van der Waals surface area contributed by atoms with Crippen LogP contribution in [0.15, 0.2) is 126 Å². The minimum absolute atomic E-state index is 0.120. The second-order valence-electron chi connectivity index (χ2n) is 18.0. The quantitative estimate of drug-likeness (QED) is 0.193. The molecular formula is C49H44B9NO. The van der Waals surface area contributed by atoms with E-state index in [2.05, 4.69) is 211 Å². The summed E-state index contributed by atoms with van der Waals surface area (Å²) in [5, 5.41) is 4.63. The Labute approximate surface area is 362 Å². The maximum Gasteiger partial charge on any atom is 0.143 e. The van der Waals surface area contributed by atoms with Crippen LogP contribution < -0.4 is 54.1 Å². The summed E-state index contributed by atoms with van der Waals surface area (Å²) in [4.78, 5) is 2.53. The predicted octanol–water partition coefficient (Wildman–Crippen LogP) is -1.83. The van der Waals surface area contributed by atoms with Gasteiger partial charge in [0.2, 0.25) is 0 Å². The number of fused-ring (bicyclic) bond motifs is 8. The molecule has 0 bridgehead atoms. The van der Waals surface area contributed by atoms with E-state index >= 15 is 0 Å². The first-order valence-corrected chi connectivity index (χ1v) is 21.4. The summed E-state index contributed by atoms with van der Waals surface area (Å²) in [6.45, 7) is 4.75. The van der Waals surface area contributed by atoms with Gasteiger partial charge in [-0.05, 0) is 86.3 Å². The standard InChI is InChI=1S/C49H44B9NO/c1-49(2)32-12-6-5-10-29(32)30-21-19-26(22-33(30)49)59(47-45(57)40(52)37(41(53)46(47)58)36-38(50)42(54)44(56)43(55)39(36)51)25-17-14-24(15-18-25)27-11-7-13-34-35(27)31-20-16-23-8-3-4-9-28(23)48(31)60-34/h3-22H,50-58H2,1-2H3. The zero-order chi connectivity index (χ0) is 41.9. The molecule has 11 heteroatoms. The van der Waals surface area contributed by atoms with Gasteiger partial charge in [0.25, 0.3) is 0 Å². The second kappa shape index (κ2) is 13.9. The summed E-state index contributed by atoms with van der Waals surface area (Å²) >= 11 is 0. The van der Waals surface area contributed by atoms with Gasteiger partial charge in [-0.2, -0.15) is 0 Å². The van der Waals surface area contributed by atoms with Crippen molar-refractivity contribution in [2.45, 2.75) is 19.3 Å². The SMILES string of the molecule is Bc1c(B)c(B)c(-c2c(B)c(B)c(N(c3ccc(-c4cccc5oc6c7ccccc7ccc6c45)cc3)c3ccc4c(c3)C(C)(C)c3ccccc3-4)c(B)c2B)c(B)c1B. The molecule has 1 aromatic heterocycles. The molecule has 0 unspecified atom stereocenters. The first-order chi connectivity index (χ1) is 28.8. The van der Waals surface area contributed by atoms with Gasteiger partial charge < -0.3 is 9.32 Å². The lowest BCUT2D eigenvalue weighted by Crippen LogP contribution is -2.57. The molecule has 0 fully saturated rings. The Bertz CT molecular complexity index is 3240. The van der Waals surface area contributed by atoms with E-state index in [0.29, 0.717) is 0 Å². The van der Waals surface area contributed by atoms with Crippen molar-refractivity contribution in [3.8, 4) is 33.4 Å². The van der Waals surface area contributed by atoms with Gasteiger partial charge >= 0.3 is 0 Å². The molecule has 0 spiro atoms. The van der Waals surface area contributed by atoms with Gasteiger partial charge in [0.1, 0.15) is 81.8 Å². The summed E-state index contributed by atoms with van der Waals surface area (Å²) in [7, 11) is 20.8. The van der Waals surface area contributed by atoms with Gasteiger partial charge in [-0.1, -0.05) is 132 Å². The van der Waals surface area contributed by atoms with Crippen molar-refractivity contribution >= 4 is 170 Å². The number of furan rings is 1. The highest BCUT2D eigenvalue weighted by molar-refractivity contribution is 6.71. The van der Waals surface area contributed by atoms with Crippen LogP contribution in [0.25, 0.3) is 66.1 Å². The first-order valence-electron chi connectivity index (χ1n) is 21.4. The molecule has 0 radical (unpaired) electrons.